The highest BCUT2D eigenvalue weighted by atomic mass is 35.5. The molecule has 2 aliphatic rings. The van der Waals surface area contributed by atoms with Crippen molar-refractivity contribution in [2.45, 2.75) is 64.3 Å². The molecule has 1 saturated carbocycles. The summed E-state index contributed by atoms with van der Waals surface area (Å²) >= 11 is 6.13. The second kappa shape index (κ2) is 8.47. The molecule has 1 aliphatic carbocycles. The van der Waals surface area contributed by atoms with Crippen LogP contribution in [-0.4, -0.2) is 22.6 Å². The Morgan fingerprint density at radius 1 is 1.11 bits per heavy atom. The Balaban J connectivity index is 1.64. The molecular weight excluding hydrogens is 356 g/mol. The Morgan fingerprint density at radius 3 is 2.81 bits per heavy atom. The lowest BCUT2D eigenvalue weighted by Crippen LogP contribution is -2.47. The van der Waals surface area contributed by atoms with Crippen molar-refractivity contribution in [3.8, 4) is 0 Å². The van der Waals surface area contributed by atoms with Gasteiger partial charge in [0, 0.05) is 35.1 Å². The van der Waals surface area contributed by atoms with Crippen LogP contribution in [0.2, 0.25) is 5.02 Å². The van der Waals surface area contributed by atoms with Crippen molar-refractivity contribution in [2.75, 3.05) is 16.8 Å². The second-order valence-electron chi connectivity index (χ2n) is 7.87. The molecule has 1 saturated heterocycles. The predicted molar refractivity (Wildman–Crippen MR) is 113 cm³/mol. The zero-order valence-corrected chi connectivity index (χ0v) is 16.9. The van der Waals surface area contributed by atoms with Crippen molar-refractivity contribution >= 4 is 29.1 Å². The third-order valence-corrected chi connectivity index (χ3v) is 6.13. The van der Waals surface area contributed by atoms with Crippen molar-refractivity contribution in [2.24, 2.45) is 5.92 Å². The zero-order chi connectivity index (χ0) is 18.6. The van der Waals surface area contributed by atoms with Crippen molar-refractivity contribution < 1.29 is 0 Å². The van der Waals surface area contributed by atoms with Gasteiger partial charge in [0.15, 0.2) is 0 Å². The van der Waals surface area contributed by atoms with E-state index in [-0.39, 0.29) is 0 Å². The third-order valence-electron chi connectivity index (χ3n) is 5.89. The Hall–Kier alpha value is -1.81. The lowest BCUT2D eigenvalue weighted by Gasteiger charge is -2.44. The SMILES string of the molecule is CCCc1cc(N2CCCC3CCCCC32)nc(Nc2cccc(Cl)c2)n1. The van der Waals surface area contributed by atoms with E-state index in [9.17, 15) is 0 Å². The molecule has 0 radical (unpaired) electrons. The molecule has 1 aromatic heterocycles. The van der Waals surface area contributed by atoms with Crippen LogP contribution in [0.4, 0.5) is 17.5 Å². The van der Waals surface area contributed by atoms with Gasteiger partial charge in [-0.25, -0.2) is 4.98 Å². The molecule has 1 aliphatic heterocycles. The van der Waals surface area contributed by atoms with Gasteiger partial charge >= 0.3 is 0 Å². The van der Waals surface area contributed by atoms with Crippen LogP contribution in [-0.2, 0) is 6.42 Å². The predicted octanol–water partition coefficient (Wildman–Crippen LogP) is 5.99. The number of fused-ring (bicyclic) bond motifs is 1. The number of hydrogen-bond acceptors (Lipinski definition) is 4. The number of hydrogen-bond donors (Lipinski definition) is 1. The first-order chi connectivity index (χ1) is 13.2. The lowest BCUT2D eigenvalue weighted by molar-refractivity contribution is 0.242. The highest BCUT2D eigenvalue weighted by Crippen LogP contribution is 2.37. The Bertz CT molecular complexity index is 777. The fraction of sp³-hybridized carbons (Fsp3) is 0.545. The number of benzene rings is 1. The van der Waals surface area contributed by atoms with E-state index in [0.717, 1.165) is 42.5 Å². The van der Waals surface area contributed by atoms with Gasteiger partial charge in [-0.1, -0.05) is 43.9 Å². The van der Waals surface area contributed by atoms with Gasteiger partial charge in [0.2, 0.25) is 5.95 Å². The maximum absolute atomic E-state index is 6.13. The van der Waals surface area contributed by atoms with Gasteiger partial charge in [0.25, 0.3) is 0 Å². The summed E-state index contributed by atoms with van der Waals surface area (Å²) in [5.74, 6) is 2.60. The lowest BCUT2D eigenvalue weighted by atomic mass is 9.78. The number of halogens is 1. The molecular formula is C22H29ClN4. The molecule has 2 unspecified atom stereocenters. The highest BCUT2D eigenvalue weighted by Gasteiger charge is 2.34. The molecule has 2 fully saturated rings. The normalized spacial score (nSPS) is 22.4. The van der Waals surface area contributed by atoms with Crippen LogP contribution in [0.5, 0.6) is 0 Å². The number of rotatable bonds is 5. The van der Waals surface area contributed by atoms with E-state index < -0.39 is 0 Å². The first kappa shape index (κ1) is 18.5. The van der Waals surface area contributed by atoms with Crippen molar-refractivity contribution in [3.63, 3.8) is 0 Å². The quantitative estimate of drug-likeness (QED) is 0.687. The van der Waals surface area contributed by atoms with E-state index in [1.165, 1.54) is 38.5 Å². The largest absolute Gasteiger partial charge is 0.353 e. The minimum atomic E-state index is 0.649. The van der Waals surface area contributed by atoms with Gasteiger partial charge in [-0.3, -0.25) is 0 Å². The van der Waals surface area contributed by atoms with E-state index in [1.54, 1.807) is 0 Å². The maximum atomic E-state index is 6.13. The van der Waals surface area contributed by atoms with Crippen LogP contribution in [0, 0.1) is 5.92 Å². The average molecular weight is 385 g/mol. The Kier molecular flexibility index (Phi) is 5.82. The number of nitrogens with one attached hydrogen (secondary N) is 1. The number of nitrogens with zero attached hydrogens (tertiary/aromatic N) is 3. The summed E-state index contributed by atoms with van der Waals surface area (Å²) in [6.45, 7) is 3.31. The van der Waals surface area contributed by atoms with Gasteiger partial charge < -0.3 is 10.2 Å². The number of anilines is 3. The smallest absolute Gasteiger partial charge is 0.229 e. The number of aromatic nitrogens is 2. The minimum absolute atomic E-state index is 0.649. The Morgan fingerprint density at radius 2 is 1.96 bits per heavy atom. The van der Waals surface area contributed by atoms with Gasteiger partial charge in [0.1, 0.15) is 5.82 Å². The third kappa shape index (κ3) is 4.37. The molecule has 1 N–H and O–H groups in total. The van der Waals surface area contributed by atoms with E-state index >= 15 is 0 Å². The van der Waals surface area contributed by atoms with E-state index in [4.69, 9.17) is 21.6 Å². The standard InChI is InChI=1S/C22H29ClN4/c1-2-7-18-15-21(27-13-6-9-16-8-3-4-12-20(16)27)26-22(24-18)25-19-11-5-10-17(23)14-19/h5,10-11,14-16,20H,2-4,6-9,12-13H2,1H3,(H,24,25,26). The molecule has 4 rings (SSSR count). The molecule has 5 heteroatoms. The topological polar surface area (TPSA) is 41.1 Å². The van der Waals surface area contributed by atoms with Gasteiger partial charge in [0.05, 0.1) is 0 Å². The van der Waals surface area contributed by atoms with E-state index in [2.05, 4.69) is 23.2 Å². The van der Waals surface area contributed by atoms with Crippen molar-refractivity contribution in [3.05, 3.63) is 41.0 Å². The monoisotopic (exact) mass is 384 g/mol. The molecule has 1 aromatic carbocycles. The van der Waals surface area contributed by atoms with Gasteiger partial charge in [-0.15, -0.1) is 0 Å². The minimum Gasteiger partial charge on any atom is -0.353 e. The number of aryl methyl sites for hydroxylation is 1. The van der Waals surface area contributed by atoms with Gasteiger partial charge in [-0.2, -0.15) is 4.98 Å². The zero-order valence-electron chi connectivity index (χ0n) is 16.1. The van der Waals surface area contributed by atoms with Crippen LogP contribution in [0.1, 0.15) is 57.6 Å². The van der Waals surface area contributed by atoms with Crippen molar-refractivity contribution in [1.29, 1.82) is 0 Å². The first-order valence-electron chi connectivity index (χ1n) is 10.4. The second-order valence-corrected chi connectivity index (χ2v) is 8.31. The molecule has 144 valence electrons. The Labute approximate surface area is 167 Å². The summed E-state index contributed by atoms with van der Waals surface area (Å²) in [5, 5.41) is 4.08. The highest BCUT2D eigenvalue weighted by molar-refractivity contribution is 6.30. The summed E-state index contributed by atoms with van der Waals surface area (Å²) in [4.78, 5) is 12.2. The molecule has 27 heavy (non-hydrogen) atoms. The van der Waals surface area contributed by atoms with Crippen molar-refractivity contribution in [1.82, 2.24) is 9.97 Å². The molecule has 2 heterocycles. The molecule has 0 bridgehead atoms. The first-order valence-corrected chi connectivity index (χ1v) is 10.8. The molecule has 0 spiro atoms. The summed E-state index contributed by atoms with van der Waals surface area (Å²) in [6.07, 6.45) is 10.1. The van der Waals surface area contributed by atoms with E-state index in [0.29, 0.717) is 17.0 Å². The van der Waals surface area contributed by atoms with Crippen LogP contribution in [0.25, 0.3) is 0 Å². The average Bonchev–Trinajstić information content (AvgIpc) is 2.68. The van der Waals surface area contributed by atoms with Crippen LogP contribution >= 0.6 is 11.6 Å². The van der Waals surface area contributed by atoms with Crippen LogP contribution in [0.15, 0.2) is 30.3 Å². The molecule has 2 atom stereocenters. The van der Waals surface area contributed by atoms with Gasteiger partial charge in [-0.05, 0) is 56.2 Å². The number of piperidine rings is 1. The summed E-state index contributed by atoms with van der Waals surface area (Å²) in [7, 11) is 0. The fourth-order valence-corrected chi connectivity index (χ4v) is 4.87. The summed E-state index contributed by atoms with van der Waals surface area (Å²) in [6, 6.07) is 10.6. The molecule has 2 aromatic rings. The van der Waals surface area contributed by atoms with E-state index in [1.807, 2.05) is 24.3 Å². The van der Waals surface area contributed by atoms with Crippen LogP contribution in [0.3, 0.4) is 0 Å². The van der Waals surface area contributed by atoms with Crippen LogP contribution < -0.4 is 10.2 Å². The summed E-state index contributed by atoms with van der Waals surface area (Å²) in [5.41, 5.74) is 2.04. The summed E-state index contributed by atoms with van der Waals surface area (Å²) < 4.78 is 0. The molecule has 4 nitrogen and oxygen atoms in total. The maximum Gasteiger partial charge on any atom is 0.229 e. The fourth-order valence-electron chi connectivity index (χ4n) is 4.67. The molecule has 0 amide bonds.